The SMILES string of the molecule is CC(C)(C)Nc1cc(-c2nc3cccnc3nc2-c2ccc(F)cc2)ccn1. The van der Waals surface area contributed by atoms with E-state index in [1.165, 1.54) is 12.1 Å². The third-order valence-electron chi connectivity index (χ3n) is 4.09. The molecule has 140 valence electrons. The van der Waals surface area contributed by atoms with Gasteiger partial charge in [0.2, 0.25) is 0 Å². The summed E-state index contributed by atoms with van der Waals surface area (Å²) in [4.78, 5) is 18.2. The van der Waals surface area contributed by atoms with Crippen molar-refractivity contribution < 1.29 is 4.39 Å². The zero-order valence-corrected chi connectivity index (χ0v) is 15.9. The number of halogens is 1. The van der Waals surface area contributed by atoms with Gasteiger partial charge in [-0.1, -0.05) is 0 Å². The number of nitrogens with zero attached hydrogens (tertiary/aromatic N) is 4. The zero-order chi connectivity index (χ0) is 19.7. The lowest BCUT2D eigenvalue weighted by Gasteiger charge is -2.21. The fraction of sp³-hybridized carbons (Fsp3) is 0.182. The Morgan fingerprint density at radius 2 is 1.57 bits per heavy atom. The first-order valence-electron chi connectivity index (χ1n) is 9.02. The van der Waals surface area contributed by atoms with Crippen LogP contribution < -0.4 is 5.32 Å². The highest BCUT2D eigenvalue weighted by Crippen LogP contribution is 2.31. The first-order valence-corrected chi connectivity index (χ1v) is 9.02. The van der Waals surface area contributed by atoms with Gasteiger partial charge in [0.25, 0.3) is 0 Å². The molecule has 0 atom stereocenters. The summed E-state index contributed by atoms with van der Waals surface area (Å²) in [6.07, 6.45) is 3.43. The predicted molar refractivity (Wildman–Crippen MR) is 109 cm³/mol. The number of hydrogen-bond acceptors (Lipinski definition) is 5. The van der Waals surface area contributed by atoms with E-state index in [9.17, 15) is 4.39 Å². The van der Waals surface area contributed by atoms with Gasteiger partial charge >= 0.3 is 0 Å². The Labute approximate surface area is 162 Å². The third-order valence-corrected chi connectivity index (χ3v) is 4.09. The average Bonchev–Trinajstić information content (AvgIpc) is 2.66. The van der Waals surface area contributed by atoms with E-state index >= 15 is 0 Å². The fourth-order valence-corrected chi connectivity index (χ4v) is 2.93. The number of fused-ring (bicyclic) bond motifs is 1. The van der Waals surface area contributed by atoms with Crippen LogP contribution in [-0.2, 0) is 0 Å². The van der Waals surface area contributed by atoms with Crippen LogP contribution in [0.5, 0.6) is 0 Å². The van der Waals surface area contributed by atoms with E-state index in [1.807, 2.05) is 24.3 Å². The Morgan fingerprint density at radius 3 is 2.32 bits per heavy atom. The minimum absolute atomic E-state index is 0.121. The molecule has 0 aliphatic carbocycles. The van der Waals surface area contributed by atoms with Gasteiger partial charge in [0.1, 0.15) is 17.2 Å². The molecule has 0 amide bonds. The molecule has 0 bridgehead atoms. The van der Waals surface area contributed by atoms with Crippen LogP contribution in [0, 0.1) is 5.82 Å². The smallest absolute Gasteiger partial charge is 0.178 e. The van der Waals surface area contributed by atoms with Crippen LogP contribution in [0.3, 0.4) is 0 Å². The summed E-state index contributed by atoms with van der Waals surface area (Å²) >= 11 is 0. The van der Waals surface area contributed by atoms with Gasteiger partial charge in [-0.05, 0) is 69.3 Å². The normalized spacial score (nSPS) is 11.6. The van der Waals surface area contributed by atoms with Crippen LogP contribution >= 0.6 is 0 Å². The first-order chi connectivity index (χ1) is 13.4. The number of benzene rings is 1. The van der Waals surface area contributed by atoms with E-state index in [0.717, 1.165) is 16.9 Å². The molecule has 0 radical (unpaired) electrons. The molecule has 4 rings (SSSR count). The maximum atomic E-state index is 13.4. The Bertz CT molecular complexity index is 1130. The predicted octanol–water partition coefficient (Wildman–Crippen LogP) is 5.10. The maximum Gasteiger partial charge on any atom is 0.178 e. The van der Waals surface area contributed by atoms with Crippen LogP contribution in [-0.4, -0.2) is 25.5 Å². The Kier molecular flexibility index (Phi) is 4.47. The van der Waals surface area contributed by atoms with Crippen molar-refractivity contribution in [2.45, 2.75) is 26.3 Å². The van der Waals surface area contributed by atoms with Crippen LogP contribution in [0.2, 0.25) is 0 Å². The molecule has 0 fully saturated rings. The molecular weight excluding hydrogens is 353 g/mol. The fourth-order valence-electron chi connectivity index (χ4n) is 2.93. The highest BCUT2D eigenvalue weighted by atomic mass is 19.1. The van der Waals surface area contributed by atoms with Crippen molar-refractivity contribution >= 4 is 17.0 Å². The number of rotatable bonds is 3. The molecule has 1 N–H and O–H groups in total. The highest BCUT2D eigenvalue weighted by Gasteiger charge is 2.16. The Balaban J connectivity index is 1.91. The van der Waals surface area contributed by atoms with Crippen molar-refractivity contribution in [2.75, 3.05) is 5.32 Å². The summed E-state index contributed by atoms with van der Waals surface area (Å²) in [5.41, 5.74) is 4.13. The van der Waals surface area contributed by atoms with Gasteiger partial charge in [0, 0.05) is 29.1 Å². The average molecular weight is 373 g/mol. The molecule has 3 heterocycles. The minimum Gasteiger partial charge on any atom is -0.365 e. The molecule has 6 heteroatoms. The molecule has 0 aliphatic heterocycles. The van der Waals surface area contributed by atoms with E-state index in [4.69, 9.17) is 9.97 Å². The molecule has 0 unspecified atom stereocenters. The Morgan fingerprint density at radius 1 is 0.821 bits per heavy atom. The number of nitrogens with one attached hydrogen (secondary N) is 1. The van der Waals surface area contributed by atoms with E-state index in [-0.39, 0.29) is 11.4 Å². The summed E-state index contributed by atoms with van der Waals surface area (Å²) in [6, 6.07) is 13.8. The number of hydrogen-bond donors (Lipinski definition) is 1. The summed E-state index contributed by atoms with van der Waals surface area (Å²) in [7, 11) is 0. The van der Waals surface area contributed by atoms with E-state index < -0.39 is 0 Å². The van der Waals surface area contributed by atoms with Crippen molar-refractivity contribution in [1.82, 2.24) is 19.9 Å². The molecule has 4 aromatic rings. The zero-order valence-electron chi connectivity index (χ0n) is 15.9. The van der Waals surface area contributed by atoms with Crippen LogP contribution in [0.15, 0.2) is 60.9 Å². The van der Waals surface area contributed by atoms with Crippen molar-refractivity contribution in [3.63, 3.8) is 0 Å². The Hall–Kier alpha value is -3.41. The first kappa shape index (κ1) is 18.0. The summed E-state index contributed by atoms with van der Waals surface area (Å²) in [6.45, 7) is 6.23. The van der Waals surface area contributed by atoms with Crippen molar-refractivity contribution in [3.05, 3.63) is 66.7 Å². The van der Waals surface area contributed by atoms with Gasteiger partial charge in [-0.2, -0.15) is 0 Å². The second-order valence-electron chi connectivity index (χ2n) is 7.58. The standard InChI is InChI=1S/C22H20FN5/c1-22(2,3)28-18-13-15(10-12-24-18)20-19(14-6-8-16(23)9-7-14)27-21-17(26-20)5-4-11-25-21/h4-13H,1-3H3,(H,24,28). The quantitative estimate of drug-likeness (QED) is 0.541. The van der Waals surface area contributed by atoms with Crippen molar-refractivity contribution in [3.8, 4) is 22.5 Å². The highest BCUT2D eigenvalue weighted by molar-refractivity contribution is 5.85. The summed E-state index contributed by atoms with van der Waals surface area (Å²) in [5, 5.41) is 3.37. The monoisotopic (exact) mass is 373 g/mol. The second-order valence-corrected chi connectivity index (χ2v) is 7.58. The topological polar surface area (TPSA) is 63.6 Å². The molecule has 0 saturated heterocycles. The molecule has 0 aliphatic rings. The lowest BCUT2D eigenvalue weighted by molar-refractivity contribution is 0.628. The number of aromatic nitrogens is 4. The molecule has 0 saturated carbocycles. The number of pyridine rings is 2. The largest absolute Gasteiger partial charge is 0.365 e. The summed E-state index contributed by atoms with van der Waals surface area (Å²) < 4.78 is 13.4. The minimum atomic E-state index is -0.294. The molecule has 1 aromatic carbocycles. The molecular formula is C22H20FN5. The van der Waals surface area contributed by atoms with Gasteiger partial charge in [-0.25, -0.2) is 24.3 Å². The molecule has 0 spiro atoms. The van der Waals surface area contributed by atoms with Crippen molar-refractivity contribution in [2.24, 2.45) is 0 Å². The van der Waals surface area contributed by atoms with E-state index in [0.29, 0.717) is 22.6 Å². The van der Waals surface area contributed by atoms with Crippen LogP contribution in [0.25, 0.3) is 33.7 Å². The lowest BCUT2D eigenvalue weighted by atomic mass is 10.0. The van der Waals surface area contributed by atoms with E-state index in [1.54, 1.807) is 24.5 Å². The second kappa shape index (κ2) is 6.96. The van der Waals surface area contributed by atoms with Crippen LogP contribution in [0.1, 0.15) is 20.8 Å². The van der Waals surface area contributed by atoms with Gasteiger partial charge in [0.15, 0.2) is 5.65 Å². The number of anilines is 1. The molecule has 5 nitrogen and oxygen atoms in total. The third kappa shape index (κ3) is 3.81. The van der Waals surface area contributed by atoms with Gasteiger partial charge in [-0.3, -0.25) is 0 Å². The van der Waals surface area contributed by atoms with Crippen molar-refractivity contribution in [1.29, 1.82) is 0 Å². The molecule has 28 heavy (non-hydrogen) atoms. The van der Waals surface area contributed by atoms with Gasteiger partial charge in [-0.15, -0.1) is 0 Å². The van der Waals surface area contributed by atoms with Crippen LogP contribution in [0.4, 0.5) is 10.2 Å². The van der Waals surface area contributed by atoms with Gasteiger partial charge < -0.3 is 5.32 Å². The summed E-state index contributed by atoms with van der Waals surface area (Å²) in [5.74, 6) is 0.459. The molecule has 3 aromatic heterocycles. The van der Waals surface area contributed by atoms with E-state index in [2.05, 4.69) is 36.1 Å². The maximum absolute atomic E-state index is 13.4. The lowest BCUT2D eigenvalue weighted by Crippen LogP contribution is -2.26. The van der Waals surface area contributed by atoms with Gasteiger partial charge in [0.05, 0.1) is 11.4 Å².